The van der Waals surface area contributed by atoms with Gasteiger partial charge in [-0.1, -0.05) is 36.7 Å². The summed E-state index contributed by atoms with van der Waals surface area (Å²) in [6.07, 6.45) is 5.78. The van der Waals surface area contributed by atoms with Gasteiger partial charge >= 0.3 is 0 Å². The summed E-state index contributed by atoms with van der Waals surface area (Å²) in [6.45, 7) is 0. The molecule has 1 saturated carbocycles. The molecule has 1 aliphatic rings. The summed E-state index contributed by atoms with van der Waals surface area (Å²) in [5, 5.41) is 11.7. The number of aromatic nitrogens is 2. The van der Waals surface area contributed by atoms with Gasteiger partial charge in [-0.2, -0.15) is 0 Å². The number of carbonyl (C=O) groups excluding carboxylic acids is 1. The maximum absolute atomic E-state index is 13.6. The smallest absolute Gasteiger partial charge is 0.260 e. The van der Waals surface area contributed by atoms with Crippen LogP contribution in [-0.2, 0) is 0 Å². The third-order valence-corrected chi connectivity index (χ3v) is 4.81. The first-order valence-corrected chi connectivity index (χ1v) is 8.05. The Hall–Kier alpha value is -1.89. The SMILES string of the molecule is O=C(Nc1nnc(C2CCCCC2)s1)c1cccc(F)c1F. The maximum Gasteiger partial charge on any atom is 0.260 e. The summed E-state index contributed by atoms with van der Waals surface area (Å²) >= 11 is 1.30. The predicted molar refractivity (Wildman–Crippen MR) is 80.0 cm³/mol. The molecule has 1 N–H and O–H groups in total. The molecule has 4 nitrogen and oxygen atoms in total. The number of nitrogens with zero attached hydrogens (tertiary/aromatic N) is 2. The highest BCUT2D eigenvalue weighted by molar-refractivity contribution is 7.15. The van der Waals surface area contributed by atoms with E-state index in [4.69, 9.17) is 0 Å². The first-order chi connectivity index (χ1) is 10.6. The van der Waals surface area contributed by atoms with Gasteiger partial charge in [-0.05, 0) is 25.0 Å². The maximum atomic E-state index is 13.6. The number of anilines is 1. The Bertz CT molecular complexity index is 683. The normalized spacial score (nSPS) is 15.7. The van der Waals surface area contributed by atoms with E-state index in [9.17, 15) is 13.6 Å². The van der Waals surface area contributed by atoms with E-state index in [0.717, 1.165) is 23.9 Å². The van der Waals surface area contributed by atoms with E-state index in [1.807, 2.05) is 0 Å². The van der Waals surface area contributed by atoms with E-state index in [0.29, 0.717) is 11.0 Å². The van der Waals surface area contributed by atoms with E-state index in [-0.39, 0.29) is 5.56 Å². The second-order valence-electron chi connectivity index (χ2n) is 5.34. The highest BCUT2D eigenvalue weighted by Crippen LogP contribution is 2.35. The lowest BCUT2D eigenvalue weighted by molar-refractivity contribution is 0.102. The Labute approximate surface area is 130 Å². The molecule has 0 spiro atoms. The Kier molecular flexibility index (Phi) is 4.42. The highest BCUT2D eigenvalue weighted by Gasteiger charge is 2.21. The van der Waals surface area contributed by atoms with E-state index in [1.165, 1.54) is 42.7 Å². The van der Waals surface area contributed by atoms with Gasteiger partial charge in [0.05, 0.1) is 5.56 Å². The van der Waals surface area contributed by atoms with E-state index in [2.05, 4.69) is 15.5 Å². The van der Waals surface area contributed by atoms with Gasteiger partial charge in [0.15, 0.2) is 11.6 Å². The molecule has 3 rings (SSSR count). The molecule has 7 heteroatoms. The van der Waals surface area contributed by atoms with Gasteiger partial charge in [0.1, 0.15) is 5.01 Å². The number of hydrogen-bond donors (Lipinski definition) is 1. The lowest BCUT2D eigenvalue weighted by Gasteiger charge is -2.18. The molecule has 1 fully saturated rings. The molecule has 1 heterocycles. The molecule has 1 amide bonds. The summed E-state index contributed by atoms with van der Waals surface area (Å²) < 4.78 is 26.7. The van der Waals surface area contributed by atoms with Crippen molar-refractivity contribution >= 4 is 22.4 Å². The first kappa shape index (κ1) is 15.0. The minimum atomic E-state index is -1.16. The number of nitrogens with one attached hydrogen (secondary N) is 1. The van der Waals surface area contributed by atoms with Gasteiger partial charge in [-0.15, -0.1) is 10.2 Å². The van der Waals surface area contributed by atoms with E-state index >= 15 is 0 Å². The Morgan fingerprint density at radius 3 is 2.73 bits per heavy atom. The number of benzene rings is 1. The molecule has 1 aliphatic carbocycles. The molecule has 116 valence electrons. The third kappa shape index (κ3) is 3.14. The minimum Gasteiger partial charge on any atom is -0.296 e. The molecule has 0 atom stereocenters. The third-order valence-electron chi connectivity index (χ3n) is 3.81. The zero-order valence-electron chi connectivity index (χ0n) is 11.8. The lowest BCUT2D eigenvalue weighted by atomic mass is 9.90. The van der Waals surface area contributed by atoms with Gasteiger partial charge in [-0.25, -0.2) is 8.78 Å². The predicted octanol–water partition coefficient (Wildman–Crippen LogP) is 4.12. The lowest BCUT2D eigenvalue weighted by Crippen LogP contribution is -2.14. The Balaban J connectivity index is 1.72. The molecule has 1 aromatic heterocycles. The van der Waals surface area contributed by atoms with Crippen molar-refractivity contribution in [2.45, 2.75) is 38.0 Å². The van der Waals surface area contributed by atoms with Crippen molar-refractivity contribution in [3.05, 3.63) is 40.4 Å². The standard InChI is InChI=1S/C15H15F2N3OS/c16-11-8-4-7-10(12(11)17)13(21)18-15-20-19-14(22-15)9-5-2-1-3-6-9/h4,7-9H,1-3,5-6H2,(H,18,20,21). The molecular weight excluding hydrogens is 308 g/mol. The average molecular weight is 323 g/mol. The fourth-order valence-corrected chi connectivity index (χ4v) is 3.55. The first-order valence-electron chi connectivity index (χ1n) is 7.24. The van der Waals surface area contributed by atoms with Gasteiger partial charge in [0.2, 0.25) is 5.13 Å². The molecular formula is C15H15F2N3OS. The minimum absolute atomic E-state index is 0.314. The summed E-state index contributed by atoms with van der Waals surface area (Å²) in [5.74, 6) is -2.53. The Morgan fingerprint density at radius 1 is 1.18 bits per heavy atom. The number of rotatable bonds is 3. The van der Waals surface area contributed by atoms with Crippen molar-refractivity contribution in [2.24, 2.45) is 0 Å². The number of halogens is 2. The van der Waals surface area contributed by atoms with Gasteiger partial charge in [0.25, 0.3) is 5.91 Å². The van der Waals surface area contributed by atoms with Gasteiger partial charge in [-0.3, -0.25) is 10.1 Å². The topological polar surface area (TPSA) is 54.9 Å². The summed E-state index contributed by atoms with van der Waals surface area (Å²) in [5.41, 5.74) is -0.339. The van der Waals surface area contributed by atoms with Crippen LogP contribution in [0.4, 0.5) is 13.9 Å². The number of hydrogen-bond acceptors (Lipinski definition) is 4. The largest absolute Gasteiger partial charge is 0.296 e. The molecule has 1 aromatic carbocycles. The van der Waals surface area contributed by atoms with Crippen molar-refractivity contribution in [3.8, 4) is 0 Å². The van der Waals surface area contributed by atoms with Crippen LogP contribution in [0.1, 0.15) is 53.4 Å². The van der Waals surface area contributed by atoms with Crippen molar-refractivity contribution in [3.63, 3.8) is 0 Å². The van der Waals surface area contributed by atoms with Crippen LogP contribution in [0.2, 0.25) is 0 Å². The summed E-state index contributed by atoms with van der Waals surface area (Å²) in [6, 6.07) is 3.50. The van der Waals surface area contributed by atoms with Crippen LogP contribution in [0.3, 0.4) is 0 Å². The molecule has 0 bridgehead atoms. The van der Waals surface area contributed by atoms with Crippen LogP contribution in [0, 0.1) is 11.6 Å². The fourth-order valence-electron chi connectivity index (χ4n) is 2.64. The van der Waals surface area contributed by atoms with Gasteiger partial charge < -0.3 is 0 Å². The fraction of sp³-hybridized carbons (Fsp3) is 0.400. The van der Waals surface area contributed by atoms with Crippen LogP contribution in [-0.4, -0.2) is 16.1 Å². The Morgan fingerprint density at radius 2 is 1.95 bits per heavy atom. The summed E-state index contributed by atoms with van der Waals surface area (Å²) in [7, 11) is 0. The quantitative estimate of drug-likeness (QED) is 0.924. The average Bonchev–Trinajstić information content (AvgIpc) is 2.99. The molecule has 0 unspecified atom stereocenters. The second kappa shape index (κ2) is 6.48. The van der Waals surface area contributed by atoms with Crippen LogP contribution in [0.25, 0.3) is 0 Å². The monoisotopic (exact) mass is 323 g/mol. The molecule has 0 saturated heterocycles. The van der Waals surface area contributed by atoms with Crippen molar-refractivity contribution in [1.82, 2.24) is 10.2 Å². The zero-order chi connectivity index (χ0) is 15.5. The van der Waals surface area contributed by atoms with Crippen LogP contribution in [0.15, 0.2) is 18.2 Å². The highest BCUT2D eigenvalue weighted by atomic mass is 32.1. The number of amides is 1. The molecule has 0 aliphatic heterocycles. The van der Waals surface area contributed by atoms with Crippen molar-refractivity contribution < 1.29 is 13.6 Å². The molecule has 0 radical (unpaired) electrons. The number of carbonyl (C=O) groups is 1. The molecule has 22 heavy (non-hydrogen) atoms. The van der Waals surface area contributed by atoms with Crippen molar-refractivity contribution in [2.75, 3.05) is 5.32 Å². The van der Waals surface area contributed by atoms with Crippen LogP contribution < -0.4 is 5.32 Å². The van der Waals surface area contributed by atoms with Gasteiger partial charge in [0, 0.05) is 5.92 Å². The zero-order valence-corrected chi connectivity index (χ0v) is 12.6. The van der Waals surface area contributed by atoms with Crippen LogP contribution >= 0.6 is 11.3 Å². The van der Waals surface area contributed by atoms with E-state index in [1.54, 1.807) is 0 Å². The second-order valence-corrected chi connectivity index (χ2v) is 6.34. The van der Waals surface area contributed by atoms with E-state index < -0.39 is 17.5 Å². The molecule has 2 aromatic rings. The van der Waals surface area contributed by atoms with Crippen LogP contribution in [0.5, 0.6) is 0 Å². The van der Waals surface area contributed by atoms with Crippen molar-refractivity contribution in [1.29, 1.82) is 0 Å². The summed E-state index contributed by atoms with van der Waals surface area (Å²) in [4.78, 5) is 12.0.